The fourth-order valence-corrected chi connectivity index (χ4v) is 3.27. The molecule has 1 aliphatic heterocycles. The molecule has 2 aromatic rings. The largest absolute Gasteiger partial charge is 0.374 e. The third-order valence-corrected chi connectivity index (χ3v) is 4.67. The number of carbonyl (C=O) groups is 1. The topological polar surface area (TPSA) is 67.4 Å². The number of benzene rings is 1. The van der Waals surface area contributed by atoms with E-state index in [2.05, 4.69) is 34.0 Å². The number of hydrogen-bond acceptors (Lipinski definition) is 5. The molecule has 0 unspecified atom stereocenters. The molecule has 1 saturated heterocycles. The minimum absolute atomic E-state index is 0.0385. The van der Waals surface area contributed by atoms with Crippen LogP contribution in [0.4, 0.5) is 0 Å². The Bertz CT molecular complexity index is 791. The van der Waals surface area contributed by atoms with E-state index in [1.54, 1.807) is 12.1 Å². The molecule has 1 aromatic carbocycles. The van der Waals surface area contributed by atoms with E-state index in [9.17, 15) is 4.79 Å². The van der Waals surface area contributed by atoms with E-state index in [1.807, 2.05) is 19.9 Å². The molecule has 140 valence electrons. The molecule has 0 spiro atoms. The molecule has 6 nitrogen and oxygen atoms in total. The number of nitrogens with one attached hydrogen (secondary N) is 1. The summed E-state index contributed by atoms with van der Waals surface area (Å²) in [4.78, 5) is 24.0. The van der Waals surface area contributed by atoms with Crippen LogP contribution in [0.15, 0.2) is 18.2 Å². The Morgan fingerprint density at radius 3 is 2.73 bits per heavy atom. The van der Waals surface area contributed by atoms with E-state index in [-0.39, 0.29) is 12.0 Å². The normalized spacial score (nSPS) is 18.4. The zero-order chi connectivity index (χ0) is 18.7. The van der Waals surface area contributed by atoms with Crippen molar-refractivity contribution in [2.45, 2.75) is 33.8 Å². The van der Waals surface area contributed by atoms with E-state index in [4.69, 9.17) is 4.74 Å². The van der Waals surface area contributed by atoms with Crippen molar-refractivity contribution in [3.63, 3.8) is 0 Å². The first kappa shape index (κ1) is 18.7. The third-order valence-electron chi connectivity index (χ3n) is 4.67. The monoisotopic (exact) mass is 356 g/mol. The van der Waals surface area contributed by atoms with Crippen LogP contribution in [-0.2, 0) is 4.74 Å². The molecule has 0 bridgehead atoms. The number of morpholine rings is 1. The van der Waals surface area contributed by atoms with Crippen molar-refractivity contribution in [3.8, 4) is 0 Å². The van der Waals surface area contributed by atoms with Crippen LogP contribution in [0.5, 0.6) is 0 Å². The highest BCUT2D eigenvalue weighted by Crippen LogP contribution is 2.15. The number of hydrogen-bond donors (Lipinski definition) is 1. The van der Waals surface area contributed by atoms with Gasteiger partial charge in [-0.15, -0.1) is 0 Å². The van der Waals surface area contributed by atoms with Crippen molar-refractivity contribution in [1.29, 1.82) is 0 Å². The molecule has 1 aliphatic rings. The van der Waals surface area contributed by atoms with Crippen LogP contribution in [0.3, 0.4) is 0 Å². The van der Waals surface area contributed by atoms with Gasteiger partial charge in [0.25, 0.3) is 5.91 Å². The number of aromatic nitrogens is 2. The summed E-state index contributed by atoms with van der Waals surface area (Å²) < 4.78 is 5.80. The fourth-order valence-electron chi connectivity index (χ4n) is 3.27. The molecular formula is C20H28N4O2. The maximum absolute atomic E-state index is 12.5. The van der Waals surface area contributed by atoms with Gasteiger partial charge in [-0.25, -0.2) is 9.97 Å². The lowest BCUT2D eigenvalue weighted by molar-refractivity contribution is -0.0295. The van der Waals surface area contributed by atoms with Gasteiger partial charge in [0, 0.05) is 31.7 Å². The van der Waals surface area contributed by atoms with Crippen molar-refractivity contribution in [2.24, 2.45) is 5.92 Å². The average Bonchev–Trinajstić information content (AvgIpc) is 2.60. The molecule has 1 amide bonds. The predicted octanol–water partition coefficient (Wildman–Crippen LogP) is 2.33. The van der Waals surface area contributed by atoms with Crippen LogP contribution >= 0.6 is 0 Å². The molecule has 1 atom stereocenters. The second kappa shape index (κ2) is 8.10. The van der Waals surface area contributed by atoms with Crippen LogP contribution < -0.4 is 5.32 Å². The summed E-state index contributed by atoms with van der Waals surface area (Å²) in [7, 11) is 0. The highest BCUT2D eigenvalue weighted by Gasteiger charge is 2.21. The summed E-state index contributed by atoms with van der Waals surface area (Å²) in [5.74, 6) is 0.533. The third kappa shape index (κ3) is 4.56. The van der Waals surface area contributed by atoms with Gasteiger partial charge in [-0.05, 0) is 38.0 Å². The Hall–Kier alpha value is -2.05. The van der Waals surface area contributed by atoms with E-state index in [0.29, 0.717) is 18.0 Å². The highest BCUT2D eigenvalue weighted by molar-refractivity contribution is 5.97. The van der Waals surface area contributed by atoms with Gasteiger partial charge in [0.2, 0.25) is 0 Å². The average molecular weight is 356 g/mol. The van der Waals surface area contributed by atoms with Crippen molar-refractivity contribution >= 4 is 16.9 Å². The van der Waals surface area contributed by atoms with Crippen LogP contribution in [0.2, 0.25) is 0 Å². The quantitative estimate of drug-likeness (QED) is 0.891. The van der Waals surface area contributed by atoms with E-state index >= 15 is 0 Å². The van der Waals surface area contributed by atoms with Crippen molar-refractivity contribution in [1.82, 2.24) is 20.2 Å². The van der Waals surface area contributed by atoms with Crippen molar-refractivity contribution in [2.75, 3.05) is 32.8 Å². The molecular weight excluding hydrogens is 328 g/mol. The lowest BCUT2D eigenvalue weighted by Gasteiger charge is -2.33. The molecule has 1 N–H and O–H groups in total. The maximum Gasteiger partial charge on any atom is 0.251 e. The van der Waals surface area contributed by atoms with Gasteiger partial charge in [-0.1, -0.05) is 13.8 Å². The summed E-state index contributed by atoms with van der Waals surface area (Å²) in [6.45, 7) is 12.4. The summed E-state index contributed by atoms with van der Waals surface area (Å²) in [5.41, 5.74) is 3.96. The molecule has 0 aliphatic carbocycles. The second-order valence-corrected chi connectivity index (χ2v) is 7.45. The van der Waals surface area contributed by atoms with Gasteiger partial charge >= 0.3 is 0 Å². The van der Waals surface area contributed by atoms with E-state index in [0.717, 1.165) is 48.7 Å². The number of carbonyl (C=O) groups excluding carboxylic acids is 1. The Kier molecular flexibility index (Phi) is 5.84. The van der Waals surface area contributed by atoms with Gasteiger partial charge in [0.15, 0.2) is 0 Å². The second-order valence-electron chi connectivity index (χ2n) is 7.45. The molecule has 26 heavy (non-hydrogen) atoms. The minimum atomic E-state index is -0.100. The van der Waals surface area contributed by atoms with Gasteiger partial charge in [-0.2, -0.15) is 0 Å². The summed E-state index contributed by atoms with van der Waals surface area (Å²) in [5, 5.41) is 2.99. The van der Waals surface area contributed by atoms with Crippen LogP contribution in [0, 0.1) is 19.8 Å². The number of rotatable bonds is 5. The van der Waals surface area contributed by atoms with Crippen molar-refractivity contribution < 1.29 is 9.53 Å². The summed E-state index contributed by atoms with van der Waals surface area (Å²) >= 11 is 0. The predicted molar refractivity (Wildman–Crippen MR) is 102 cm³/mol. The summed E-state index contributed by atoms with van der Waals surface area (Å²) in [6.07, 6.45) is 0.0385. The molecule has 3 rings (SSSR count). The molecule has 2 heterocycles. The van der Waals surface area contributed by atoms with E-state index in [1.165, 1.54) is 0 Å². The standard InChI is InChI=1S/C20H28N4O2/c1-13(2)11-24-7-8-26-17(12-24)10-21-20(25)16-5-6-18-19(9-16)23-15(4)14(3)22-18/h5-6,9,13,17H,7-8,10-12H2,1-4H3,(H,21,25)/t17-/m1/s1. The molecule has 0 saturated carbocycles. The Labute approximate surface area is 155 Å². The maximum atomic E-state index is 12.5. The minimum Gasteiger partial charge on any atom is -0.374 e. The number of nitrogens with zero attached hydrogens (tertiary/aromatic N) is 3. The lowest BCUT2D eigenvalue weighted by Crippen LogP contribution is -2.48. The number of ether oxygens (including phenoxy) is 1. The zero-order valence-electron chi connectivity index (χ0n) is 16.1. The molecule has 1 fully saturated rings. The zero-order valence-corrected chi connectivity index (χ0v) is 16.1. The fraction of sp³-hybridized carbons (Fsp3) is 0.550. The molecule has 0 radical (unpaired) electrons. The lowest BCUT2D eigenvalue weighted by atomic mass is 10.1. The number of amides is 1. The number of aryl methyl sites for hydroxylation is 2. The molecule has 6 heteroatoms. The van der Waals surface area contributed by atoms with Crippen LogP contribution in [-0.4, -0.2) is 59.7 Å². The van der Waals surface area contributed by atoms with Gasteiger partial charge < -0.3 is 10.1 Å². The van der Waals surface area contributed by atoms with Crippen molar-refractivity contribution in [3.05, 3.63) is 35.2 Å². The Balaban J connectivity index is 1.61. The highest BCUT2D eigenvalue weighted by atomic mass is 16.5. The number of fused-ring (bicyclic) bond motifs is 1. The van der Waals surface area contributed by atoms with Gasteiger partial charge in [-0.3, -0.25) is 9.69 Å². The Morgan fingerprint density at radius 2 is 2.00 bits per heavy atom. The summed E-state index contributed by atoms with van der Waals surface area (Å²) in [6, 6.07) is 5.45. The Morgan fingerprint density at radius 1 is 1.27 bits per heavy atom. The van der Waals surface area contributed by atoms with Gasteiger partial charge in [0.1, 0.15) is 0 Å². The smallest absolute Gasteiger partial charge is 0.251 e. The van der Waals surface area contributed by atoms with E-state index < -0.39 is 0 Å². The first-order valence-corrected chi connectivity index (χ1v) is 9.29. The van der Waals surface area contributed by atoms with Crippen LogP contribution in [0.1, 0.15) is 35.6 Å². The first-order valence-electron chi connectivity index (χ1n) is 9.29. The molecule has 1 aromatic heterocycles. The SMILES string of the molecule is Cc1nc2ccc(C(=O)NC[C@@H]3CN(CC(C)C)CCO3)cc2nc1C. The van der Waals surface area contributed by atoms with Crippen LogP contribution in [0.25, 0.3) is 11.0 Å². The first-order chi connectivity index (χ1) is 12.4. The van der Waals surface area contributed by atoms with Gasteiger partial charge in [0.05, 0.1) is 35.1 Å².